The van der Waals surface area contributed by atoms with Crippen molar-refractivity contribution >= 4 is 44.4 Å². The number of aromatic nitrogens is 4. The number of nitrogens with one attached hydrogen (secondary N) is 2. The first kappa shape index (κ1) is 23.7. The highest BCUT2D eigenvalue weighted by Crippen LogP contribution is 2.14. The van der Waals surface area contributed by atoms with Crippen LogP contribution in [0.4, 0.5) is 0 Å². The number of hydrogen-bond acceptors (Lipinski definition) is 4. The van der Waals surface area contributed by atoms with Gasteiger partial charge in [0, 0.05) is 37.7 Å². The first-order valence-electron chi connectivity index (χ1n) is 9.86. The Morgan fingerprint density at radius 1 is 0.839 bits per heavy atom. The lowest BCUT2D eigenvalue weighted by Gasteiger charge is -2.05. The molecule has 0 saturated carbocycles. The maximum atomic E-state index is 12.6. The third kappa shape index (κ3) is 4.22. The van der Waals surface area contributed by atoms with Gasteiger partial charge in [0.2, 0.25) is 11.4 Å². The van der Waals surface area contributed by atoms with Gasteiger partial charge in [-0.15, -0.1) is 0 Å². The molecule has 166 valence electrons. The van der Waals surface area contributed by atoms with Gasteiger partial charge in [0.05, 0.1) is 14.1 Å². The normalized spacial score (nSPS) is 11.1. The number of carbonyl (C=O) groups is 2. The van der Waals surface area contributed by atoms with E-state index in [9.17, 15) is 9.59 Å². The Kier molecular flexibility index (Phi) is 7.37. The van der Waals surface area contributed by atoms with Gasteiger partial charge >= 0.3 is 9.92 Å². The van der Waals surface area contributed by atoms with Crippen LogP contribution in [0.1, 0.15) is 45.2 Å². The van der Waals surface area contributed by atoms with Crippen molar-refractivity contribution in [3.05, 3.63) is 45.9 Å². The van der Waals surface area contributed by atoms with Crippen LogP contribution in [0.5, 0.6) is 0 Å². The molecule has 0 fully saturated rings. The van der Waals surface area contributed by atoms with Crippen LogP contribution >= 0.6 is 22.7 Å². The molecule has 4 aromatic rings. The van der Waals surface area contributed by atoms with E-state index >= 15 is 0 Å². The molecule has 4 rings (SSSR count). The number of halogens is 1. The summed E-state index contributed by atoms with van der Waals surface area (Å²) in [6, 6.07) is 0. The lowest BCUT2D eigenvalue weighted by molar-refractivity contribution is -0.509. The van der Waals surface area contributed by atoms with Crippen molar-refractivity contribution in [3.63, 3.8) is 0 Å². The molecule has 2 N–H and O–H groups in total. The van der Waals surface area contributed by atoms with Crippen LogP contribution in [0.2, 0.25) is 0 Å². The van der Waals surface area contributed by atoms with E-state index in [1.54, 1.807) is 22.7 Å². The first-order chi connectivity index (χ1) is 14.4. The average Bonchev–Trinajstić information content (AvgIpc) is 3.46. The minimum Gasteiger partial charge on any atom is -1.00 e. The molecule has 0 aliphatic heterocycles. The molecular weight excluding hydrogens is 547 g/mol. The largest absolute Gasteiger partial charge is 1.00 e. The number of aryl methyl sites for hydroxylation is 2. The van der Waals surface area contributed by atoms with Crippen molar-refractivity contribution in [1.29, 1.82) is 0 Å². The second-order valence-electron chi connectivity index (χ2n) is 7.32. The molecule has 8 nitrogen and oxygen atoms in total. The standard InChI is InChI=1S/C20H24N6O2S2.HI/c1-13-15(25-9-11-29-19(25)23(13)3)17(27)21-7-5-6-8-22-18(28)16-14(2)24(4)20-26(16)10-12-30-20;/h9-12H,5-8H2,1-4H3;1H/p+1. The minimum absolute atomic E-state index is 0. The molecular formula is C20H26IN6O2S2+. The van der Waals surface area contributed by atoms with Crippen molar-refractivity contribution in [2.75, 3.05) is 13.1 Å². The van der Waals surface area contributed by atoms with Gasteiger partial charge in [0.25, 0.3) is 11.8 Å². The maximum Gasteiger partial charge on any atom is 0.346 e. The maximum absolute atomic E-state index is 12.6. The Morgan fingerprint density at radius 3 is 1.61 bits per heavy atom. The van der Waals surface area contributed by atoms with E-state index in [2.05, 4.69) is 10.6 Å². The number of nitrogens with zero attached hydrogens (tertiary/aromatic N) is 4. The fraction of sp³-hybridized carbons (Fsp3) is 0.400. The highest BCUT2D eigenvalue weighted by atomic mass is 127. The predicted octanol–water partition coefficient (Wildman–Crippen LogP) is -1.48. The zero-order chi connectivity index (χ0) is 21.4. The van der Waals surface area contributed by atoms with Crippen LogP contribution in [0.3, 0.4) is 0 Å². The SMILES string of the molecule is Cc1c(C(=O)NCCCCNC(=O)c2c(C)n(C)c3scc[n+]23)[n+]2ccsc2n1C.[I-]. The van der Waals surface area contributed by atoms with E-state index in [-0.39, 0.29) is 35.8 Å². The van der Waals surface area contributed by atoms with Gasteiger partial charge in [-0.25, -0.2) is 9.13 Å². The van der Waals surface area contributed by atoms with Gasteiger partial charge in [-0.1, -0.05) is 22.7 Å². The van der Waals surface area contributed by atoms with E-state index in [1.807, 2.05) is 69.0 Å². The van der Waals surface area contributed by atoms with E-state index in [0.29, 0.717) is 24.5 Å². The summed E-state index contributed by atoms with van der Waals surface area (Å²) in [5.41, 5.74) is 3.25. The van der Waals surface area contributed by atoms with Crippen LogP contribution in [0.15, 0.2) is 23.2 Å². The molecule has 4 heterocycles. The van der Waals surface area contributed by atoms with Crippen molar-refractivity contribution in [2.45, 2.75) is 26.7 Å². The molecule has 0 radical (unpaired) electrons. The minimum atomic E-state index is -0.0679. The Morgan fingerprint density at radius 2 is 1.23 bits per heavy atom. The van der Waals surface area contributed by atoms with Crippen LogP contribution < -0.4 is 43.4 Å². The Balaban J connectivity index is 0.00000272. The highest BCUT2D eigenvalue weighted by Gasteiger charge is 2.28. The molecule has 0 unspecified atom stereocenters. The summed E-state index contributed by atoms with van der Waals surface area (Å²) < 4.78 is 7.92. The monoisotopic (exact) mass is 573 g/mol. The second kappa shape index (κ2) is 9.65. The van der Waals surface area contributed by atoms with E-state index in [0.717, 1.165) is 34.2 Å². The van der Waals surface area contributed by atoms with E-state index in [1.165, 1.54) is 0 Å². The van der Waals surface area contributed by atoms with Gasteiger partial charge in [-0.3, -0.25) is 9.59 Å². The molecule has 31 heavy (non-hydrogen) atoms. The van der Waals surface area contributed by atoms with Crippen LogP contribution in [-0.2, 0) is 14.1 Å². The average molecular weight is 574 g/mol. The zero-order valence-electron chi connectivity index (χ0n) is 17.9. The van der Waals surface area contributed by atoms with Crippen LogP contribution in [0, 0.1) is 13.8 Å². The summed E-state index contributed by atoms with van der Waals surface area (Å²) in [5.74, 6) is -0.136. The first-order valence-corrected chi connectivity index (χ1v) is 11.6. The third-order valence-electron chi connectivity index (χ3n) is 5.53. The predicted molar refractivity (Wildman–Crippen MR) is 116 cm³/mol. The Bertz CT molecular complexity index is 1160. The molecule has 0 bridgehead atoms. The zero-order valence-corrected chi connectivity index (χ0v) is 21.7. The highest BCUT2D eigenvalue weighted by molar-refractivity contribution is 7.14. The van der Waals surface area contributed by atoms with E-state index < -0.39 is 0 Å². The fourth-order valence-electron chi connectivity index (χ4n) is 3.69. The number of rotatable bonds is 7. The molecule has 11 heteroatoms. The van der Waals surface area contributed by atoms with Crippen molar-refractivity contribution in [1.82, 2.24) is 19.8 Å². The molecule has 0 spiro atoms. The van der Waals surface area contributed by atoms with Gasteiger partial charge in [-0.2, -0.15) is 8.80 Å². The summed E-state index contributed by atoms with van der Waals surface area (Å²) >= 11 is 3.22. The summed E-state index contributed by atoms with van der Waals surface area (Å²) in [6.07, 6.45) is 5.44. The number of imidazole rings is 2. The van der Waals surface area contributed by atoms with Crippen molar-refractivity contribution in [3.8, 4) is 0 Å². The smallest absolute Gasteiger partial charge is 0.346 e. The summed E-state index contributed by atoms with van der Waals surface area (Å²) in [4.78, 5) is 27.4. The quantitative estimate of drug-likeness (QED) is 0.161. The molecule has 0 saturated heterocycles. The fourth-order valence-corrected chi connectivity index (χ4v) is 5.42. The Hall–Kier alpha value is -1.99. The van der Waals surface area contributed by atoms with Crippen molar-refractivity contribution in [2.24, 2.45) is 14.1 Å². The number of fused-ring (bicyclic) bond motifs is 2. The number of thiazole rings is 2. The number of carbonyl (C=O) groups excluding carboxylic acids is 2. The molecule has 0 aromatic carbocycles. The molecule has 0 aliphatic rings. The topological polar surface area (TPSA) is 76.3 Å². The molecule has 0 atom stereocenters. The van der Waals surface area contributed by atoms with Crippen molar-refractivity contribution < 1.29 is 42.4 Å². The lowest BCUT2D eigenvalue weighted by atomic mass is 10.2. The summed E-state index contributed by atoms with van der Waals surface area (Å²) in [6.45, 7) is 5.06. The van der Waals surface area contributed by atoms with Gasteiger partial charge in [0.1, 0.15) is 12.4 Å². The number of hydrogen-bond donors (Lipinski definition) is 2. The number of amides is 2. The van der Waals surface area contributed by atoms with Gasteiger partial charge in [0.15, 0.2) is 11.4 Å². The van der Waals surface area contributed by atoms with E-state index in [4.69, 9.17) is 0 Å². The van der Waals surface area contributed by atoms with Crippen LogP contribution in [0.25, 0.3) is 9.92 Å². The lowest BCUT2D eigenvalue weighted by Crippen LogP contribution is -3.00. The van der Waals surface area contributed by atoms with Gasteiger partial charge in [-0.05, 0) is 12.8 Å². The van der Waals surface area contributed by atoms with Gasteiger partial charge < -0.3 is 34.6 Å². The van der Waals surface area contributed by atoms with Crippen LogP contribution in [-0.4, -0.2) is 34.0 Å². The molecule has 0 aliphatic carbocycles. The number of unbranched alkanes of at least 4 members (excludes halogenated alkanes) is 1. The molecule has 4 aromatic heterocycles. The second-order valence-corrected chi connectivity index (χ2v) is 9.06. The Labute approximate surface area is 205 Å². The molecule has 2 amide bonds. The third-order valence-corrected chi connectivity index (χ3v) is 7.41. The summed E-state index contributed by atoms with van der Waals surface area (Å²) in [5, 5.41) is 9.96. The summed E-state index contributed by atoms with van der Waals surface area (Å²) in [7, 11) is 3.94.